The maximum atomic E-state index is 9.42. The van der Waals surface area contributed by atoms with Gasteiger partial charge in [0.1, 0.15) is 0 Å². The van der Waals surface area contributed by atoms with Gasteiger partial charge >= 0.3 is 0 Å². The van der Waals surface area contributed by atoms with E-state index in [-0.39, 0.29) is 5.75 Å². The Labute approximate surface area is 97.0 Å². The number of unbranched alkanes of at least 4 members (excludes halogenated alkanes) is 1. The Hall–Kier alpha value is -1.22. The maximum absolute atomic E-state index is 9.42. The molecule has 0 bridgehead atoms. The Kier molecular flexibility index (Phi) is 5.72. The van der Waals surface area contributed by atoms with Crippen LogP contribution < -0.4 is 4.74 Å². The lowest BCUT2D eigenvalue weighted by atomic mass is 10.1. The summed E-state index contributed by atoms with van der Waals surface area (Å²) in [6.45, 7) is 3.69. The Morgan fingerprint density at radius 1 is 1.25 bits per heavy atom. The predicted octanol–water partition coefficient (Wildman–Crippen LogP) is 2.76. The second kappa shape index (κ2) is 7.12. The van der Waals surface area contributed by atoms with Crippen LogP contribution in [0.25, 0.3) is 0 Å². The van der Waals surface area contributed by atoms with Crippen molar-refractivity contribution in [1.82, 2.24) is 0 Å². The first-order valence-corrected chi connectivity index (χ1v) is 5.71. The first-order valence-electron chi connectivity index (χ1n) is 5.71. The highest BCUT2D eigenvalue weighted by atomic mass is 16.5. The fraction of sp³-hybridized carbons (Fsp3) is 0.538. The molecule has 0 spiro atoms. The number of methoxy groups -OCH3 is 1. The summed E-state index contributed by atoms with van der Waals surface area (Å²) in [5.74, 6) is 0.698. The standard InChI is InChI=1S/C13H20O3/c1-3-4-8-16-9-7-11-5-6-12(14)13(10-11)15-2/h5-6,10,14H,3-4,7-9H2,1-2H3. The normalized spacial score (nSPS) is 10.4. The van der Waals surface area contributed by atoms with Gasteiger partial charge in [0.2, 0.25) is 0 Å². The molecule has 3 heteroatoms. The van der Waals surface area contributed by atoms with Crippen molar-refractivity contribution in [2.45, 2.75) is 26.2 Å². The molecule has 16 heavy (non-hydrogen) atoms. The van der Waals surface area contributed by atoms with E-state index < -0.39 is 0 Å². The second-order valence-electron chi connectivity index (χ2n) is 3.72. The lowest BCUT2D eigenvalue weighted by Crippen LogP contribution is -2.00. The Bertz CT molecular complexity index is 310. The fourth-order valence-electron chi connectivity index (χ4n) is 1.42. The number of aromatic hydroxyl groups is 1. The molecule has 0 saturated heterocycles. The average Bonchev–Trinajstić information content (AvgIpc) is 2.31. The highest BCUT2D eigenvalue weighted by molar-refractivity contribution is 5.41. The van der Waals surface area contributed by atoms with E-state index in [0.29, 0.717) is 12.4 Å². The third-order valence-corrected chi connectivity index (χ3v) is 2.42. The molecular weight excluding hydrogens is 204 g/mol. The zero-order valence-electron chi connectivity index (χ0n) is 10.0. The molecule has 0 aliphatic heterocycles. The number of benzene rings is 1. The van der Waals surface area contributed by atoms with E-state index in [2.05, 4.69) is 6.92 Å². The largest absolute Gasteiger partial charge is 0.504 e. The van der Waals surface area contributed by atoms with Crippen molar-refractivity contribution >= 4 is 0 Å². The van der Waals surface area contributed by atoms with E-state index in [1.807, 2.05) is 12.1 Å². The SMILES string of the molecule is CCCCOCCc1ccc(O)c(OC)c1. The van der Waals surface area contributed by atoms with Crippen LogP contribution in [0.1, 0.15) is 25.3 Å². The van der Waals surface area contributed by atoms with E-state index in [9.17, 15) is 5.11 Å². The Morgan fingerprint density at radius 2 is 2.06 bits per heavy atom. The van der Waals surface area contributed by atoms with Crippen molar-refractivity contribution < 1.29 is 14.6 Å². The fourth-order valence-corrected chi connectivity index (χ4v) is 1.42. The molecule has 3 nitrogen and oxygen atoms in total. The van der Waals surface area contributed by atoms with Crippen molar-refractivity contribution in [2.75, 3.05) is 20.3 Å². The zero-order valence-corrected chi connectivity index (χ0v) is 10.0. The van der Waals surface area contributed by atoms with Crippen LogP contribution in [0.15, 0.2) is 18.2 Å². The van der Waals surface area contributed by atoms with Gasteiger partial charge in [0.25, 0.3) is 0 Å². The summed E-state index contributed by atoms with van der Waals surface area (Å²) in [5.41, 5.74) is 1.12. The lowest BCUT2D eigenvalue weighted by molar-refractivity contribution is 0.134. The average molecular weight is 224 g/mol. The molecule has 0 unspecified atom stereocenters. The van der Waals surface area contributed by atoms with Crippen LogP contribution >= 0.6 is 0 Å². The highest BCUT2D eigenvalue weighted by Crippen LogP contribution is 2.26. The van der Waals surface area contributed by atoms with E-state index >= 15 is 0 Å². The van der Waals surface area contributed by atoms with Crippen molar-refractivity contribution in [3.63, 3.8) is 0 Å². The molecule has 1 aromatic rings. The first-order chi connectivity index (χ1) is 7.77. The molecule has 0 saturated carbocycles. The molecule has 90 valence electrons. The van der Waals surface area contributed by atoms with Gasteiger partial charge in [0.05, 0.1) is 13.7 Å². The van der Waals surface area contributed by atoms with E-state index in [1.54, 1.807) is 13.2 Å². The molecule has 0 amide bonds. The number of phenols is 1. The number of ether oxygens (including phenoxy) is 2. The van der Waals surface area contributed by atoms with Gasteiger partial charge in [0, 0.05) is 6.61 Å². The molecule has 0 aromatic heterocycles. The summed E-state index contributed by atoms with van der Waals surface area (Å²) in [4.78, 5) is 0. The molecule has 1 rings (SSSR count). The number of phenolic OH excluding ortho intramolecular Hbond substituents is 1. The van der Waals surface area contributed by atoms with E-state index in [4.69, 9.17) is 9.47 Å². The van der Waals surface area contributed by atoms with Crippen molar-refractivity contribution in [3.8, 4) is 11.5 Å². The molecule has 0 aliphatic rings. The lowest BCUT2D eigenvalue weighted by Gasteiger charge is -2.07. The van der Waals surface area contributed by atoms with Crippen molar-refractivity contribution in [1.29, 1.82) is 0 Å². The van der Waals surface area contributed by atoms with Gasteiger partial charge in [0.15, 0.2) is 11.5 Å². The van der Waals surface area contributed by atoms with Crippen LogP contribution in [0.2, 0.25) is 0 Å². The minimum absolute atomic E-state index is 0.179. The zero-order chi connectivity index (χ0) is 11.8. The smallest absolute Gasteiger partial charge is 0.160 e. The van der Waals surface area contributed by atoms with Crippen LogP contribution in [0.3, 0.4) is 0 Å². The number of hydrogen-bond donors (Lipinski definition) is 1. The summed E-state index contributed by atoms with van der Waals surface area (Å²) in [6, 6.07) is 5.39. The van der Waals surface area contributed by atoms with Crippen LogP contribution in [0.4, 0.5) is 0 Å². The summed E-state index contributed by atoms with van der Waals surface area (Å²) in [5, 5.41) is 9.42. The maximum Gasteiger partial charge on any atom is 0.160 e. The van der Waals surface area contributed by atoms with Crippen LogP contribution in [-0.2, 0) is 11.2 Å². The molecular formula is C13H20O3. The minimum Gasteiger partial charge on any atom is -0.504 e. The third-order valence-electron chi connectivity index (χ3n) is 2.42. The summed E-state index contributed by atoms with van der Waals surface area (Å²) in [6.07, 6.45) is 3.12. The van der Waals surface area contributed by atoms with Crippen LogP contribution in [0.5, 0.6) is 11.5 Å². The first kappa shape index (κ1) is 12.8. The van der Waals surface area contributed by atoms with Gasteiger partial charge in [-0.1, -0.05) is 19.4 Å². The summed E-state index contributed by atoms with van der Waals surface area (Å²) < 4.78 is 10.5. The van der Waals surface area contributed by atoms with Gasteiger partial charge in [-0.2, -0.15) is 0 Å². The molecule has 0 aliphatic carbocycles. The van der Waals surface area contributed by atoms with Gasteiger partial charge in [-0.25, -0.2) is 0 Å². The quantitative estimate of drug-likeness (QED) is 0.724. The van der Waals surface area contributed by atoms with Gasteiger partial charge in [-0.15, -0.1) is 0 Å². The Morgan fingerprint density at radius 3 is 2.75 bits per heavy atom. The second-order valence-corrected chi connectivity index (χ2v) is 3.72. The number of rotatable bonds is 7. The van der Waals surface area contributed by atoms with Crippen LogP contribution in [0, 0.1) is 0 Å². The van der Waals surface area contributed by atoms with Crippen molar-refractivity contribution in [3.05, 3.63) is 23.8 Å². The van der Waals surface area contributed by atoms with E-state index in [1.165, 1.54) is 0 Å². The third kappa shape index (κ3) is 4.11. The molecule has 0 heterocycles. The molecule has 0 radical (unpaired) electrons. The van der Waals surface area contributed by atoms with Crippen LogP contribution in [-0.4, -0.2) is 25.4 Å². The Balaban J connectivity index is 2.36. The molecule has 0 fully saturated rings. The molecule has 1 aromatic carbocycles. The topological polar surface area (TPSA) is 38.7 Å². The highest BCUT2D eigenvalue weighted by Gasteiger charge is 2.02. The van der Waals surface area contributed by atoms with Gasteiger partial charge in [-0.3, -0.25) is 0 Å². The van der Waals surface area contributed by atoms with Crippen molar-refractivity contribution in [2.24, 2.45) is 0 Å². The summed E-state index contributed by atoms with van der Waals surface area (Å²) >= 11 is 0. The molecule has 0 atom stereocenters. The predicted molar refractivity (Wildman–Crippen MR) is 64.1 cm³/mol. The summed E-state index contributed by atoms with van der Waals surface area (Å²) in [7, 11) is 1.55. The number of hydrogen-bond acceptors (Lipinski definition) is 3. The molecule has 1 N–H and O–H groups in total. The monoisotopic (exact) mass is 224 g/mol. The van der Waals surface area contributed by atoms with Gasteiger partial charge < -0.3 is 14.6 Å². The minimum atomic E-state index is 0.179. The van der Waals surface area contributed by atoms with Gasteiger partial charge in [-0.05, 0) is 30.5 Å². The van der Waals surface area contributed by atoms with E-state index in [0.717, 1.165) is 31.4 Å².